The smallest absolute Gasteiger partial charge is 0.407 e. The summed E-state index contributed by atoms with van der Waals surface area (Å²) in [5.74, 6) is 0.127. The molecule has 0 unspecified atom stereocenters. The minimum atomic E-state index is -0.587. The molecule has 0 spiro atoms. The molecule has 0 aliphatic rings. The van der Waals surface area contributed by atoms with Gasteiger partial charge in [0, 0.05) is 11.5 Å². The number of carbonyl (C=O) groups is 1. The van der Waals surface area contributed by atoms with Gasteiger partial charge in [-0.2, -0.15) is 0 Å². The van der Waals surface area contributed by atoms with Crippen molar-refractivity contribution in [2.75, 3.05) is 24.2 Å². The maximum Gasteiger partial charge on any atom is 0.407 e. The number of nitrogens with two attached hydrogens (primary N) is 1. The Balaban J connectivity index is 1.73. The van der Waals surface area contributed by atoms with E-state index in [1.807, 2.05) is 0 Å². The van der Waals surface area contributed by atoms with Gasteiger partial charge < -0.3 is 25.8 Å². The number of hydrogen-bond donors (Lipinski definition) is 3. The van der Waals surface area contributed by atoms with Crippen molar-refractivity contribution in [1.82, 2.24) is 15.3 Å². The quantitative estimate of drug-likeness (QED) is 0.248. The van der Waals surface area contributed by atoms with Crippen LogP contribution in [0, 0.1) is 5.82 Å². The van der Waals surface area contributed by atoms with Gasteiger partial charge in [-0.25, -0.2) is 19.2 Å². The Kier molecular flexibility index (Phi) is 7.10. The fraction of sp³-hybridized carbons (Fsp3) is 0.286. The first-order chi connectivity index (χ1) is 15.0. The second-order valence-corrected chi connectivity index (χ2v) is 8.59. The number of nitrogen functional groups attached to an aromatic ring is 1. The van der Waals surface area contributed by atoms with Crippen LogP contribution in [0.25, 0.3) is 10.9 Å². The van der Waals surface area contributed by atoms with Gasteiger partial charge in [0.1, 0.15) is 35.9 Å². The monoisotopic (exact) mass is 481 g/mol. The van der Waals surface area contributed by atoms with E-state index in [2.05, 4.69) is 20.6 Å². The van der Waals surface area contributed by atoms with E-state index in [0.717, 1.165) is 6.07 Å². The van der Waals surface area contributed by atoms with Crippen LogP contribution in [0.1, 0.15) is 20.8 Å². The van der Waals surface area contributed by atoms with E-state index in [-0.39, 0.29) is 28.9 Å². The van der Waals surface area contributed by atoms with Gasteiger partial charge >= 0.3 is 6.09 Å². The average molecular weight is 482 g/mol. The standard InChI is InChI=1S/C21H22Cl2FN5O3/c1-21(2,3)32-20(30)26-4-5-31-18-9-16-11(6-15(18)25)19(28-10-27-16)29-17-8-13(23)12(22)7-14(17)24/h6-10H,4-5,25H2,1-3H3,(H,26,30)(H,27,28,29). The number of nitrogens with zero attached hydrogens (tertiary/aromatic N) is 2. The number of nitrogens with one attached hydrogen (secondary N) is 2. The van der Waals surface area contributed by atoms with Crippen LogP contribution in [0.2, 0.25) is 10.0 Å². The lowest BCUT2D eigenvalue weighted by Gasteiger charge is -2.19. The summed E-state index contributed by atoms with van der Waals surface area (Å²) < 4.78 is 25.1. The van der Waals surface area contributed by atoms with E-state index in [1.165, 1.54) is 12.4 Å². The van der Waals surface area contributed by atoms with Crippen molar-refractivity contribution < 1.29 is 18.7 Å². The minimum Gasteiger partial charge on any atom is -0.490 e. The number of amides is 1. The van der Waals surface area contributed by atoms with Crippen molar-refractivity contribution in [3.8, 4) is 5.75 Å². The summed E-state index contributed by atoms with van der Waals surface area (Å²) in [6, 6.07) is 5.73. The number of ether oxygens (including phenoxy) is 2. The molecule has 2 aromatic carbocycles. The van der Waals surface area contributed by atoms with E-state index in [1.54, 1.807) is 32.9 Å². The molecule has 3 aromatic rings. The molecule has 3 rings (SSSR count). The second-order valence-electron chi connectivity index (χ2n) is 7.78. The van der Waals surface area contributed by atoms with Crippen LogP contribution in [0.15, 0.2) is 30.6 Å². The van der Waals surface area contributed by atoms with Crippen LogP contribution in [-0.2, 0) is 4.74 Å². The van der Waals surface area contributed by atoms with Crippen LogP contribution in [0.5, 0.6) is 5.75 Å². The molecule has 4 N–H and O–H groups in total. The van der Waals surface area contributed by atoms with Gasteiger partial charge in [-0.05, 0) is 39.0 Å². The van der Waals surface area contributed by atoms with Gasteiger partial charge in [-0.15, -0.1) is 0 Å². The number of alkyl carbamates (subject to hydrolysis) is 1. The van der Waals surface area contributed by atoms with Crippen LogP contribution >= 0.6 is 23.2 Å². The number of aromatic nitrogens is 2. The van der Waals surface area contributed by atoms with Gasteiger partial charge in [-0.3, -0.25) is 0 Å². The third kappa shape index (κ3) is 6.02. The number of anilines is 3. The molecule has 0 atom stereocenters. The minimum absolute atomic E-state index is 0.103. The Bertz CT molecular complexity index is 1150. The molecular weight excluding hydrogens is 460 g/mol. The van der Waals surface area contributed by atoms with Crippen LogP contribution in [-0.4, -0.2) is 34.8 Å². The number of halogens is 3. The fourth-order valence-electron chi connectivity index (χ4n) is 2.70. The molecule has 0 radical (unpaired) electrons. The zero-order chi connectivity index (χ0) is 23.5. The summed E-state index contributed by atoms with van der Waals surface area (Å²) in [4.78, 5) is 20.1. The predicted molar refractivity (Wildman–Crippen MR) is 123 cm³/mol. The lowest BCUT2D eigenvalue weighted by Crippen LogP contribution is -2.34. The average Bonchev–Trinajstić information content (AvgIpc) is 2.69. The van der Waals surface area contributed by atoms with Crippen molar-refractivity contribution in [3.63, 3.8) is 0 Å². The molecule has 1 aromatic heterocycles. The van der Waals surface area contributed by atoms with Gasteiger partial charge in [-0.1, -0.05) is 23.2 Å². The highest BCUT2D eigenvalue weighted by molar-refractivity contribution is 6.42. The molecule has 11 heteroatoms. The third-order valence-electron chi connectivity index (χ3n) is 4.06. The van der Waals surface area contributed by atoms with Crippen molar-refractivity contribution in [2.24, 2.45) is 0 Å². The third-order valence-corrected chi connectivity index (χ3v) is 4.78. The van der Waals surface area contributed by atoms with E-state index >= 15 is 0 Å². The van der Waals surface area contributed by atoms with E-state index < -0.39 is 17.5 Å². The van der Waals surface area contributed by atoms with Crippen molar-refractivity contribution >= 4 is 57.4 Å². The molecule has 0 aliphatic carbocycles. The molecule has 8 nitrogen and oxygen atoms in total. The topological polar surface area (TPSA) is 111 Å². The molecule has 0 saturated heterocycles. The van der Waals surface area contributed by atoms with Gasteiger partial charge in [0.05, 0.1) is 33.5 Å². The zero-order valence-electron chi connectivity index (χ0n) is 17.6. The molecule has 1 heterocycles. The Labute approximate surface area is 194 Å². The summed E-state index contributed by atoms with van der Waals surface area (Å²) in [6.45, 7) is 5.72. The van der Waals surface area contributed by atoms with E-state index in [0.29, 0.717) is 28.2 Å². The van der Waals surface area contributed by atoms with Crippen LogP contribution in [0.3, 0.4) is 0 Å². The van der Waals surface area contributed by atoms with Gasteiger partial charge in [0.2, 0.25) is 0 Å². The SMILES string of the molecule is CC(C)(C)OC(=O)NCCOc1cc2ncnc(Nc3cc(Cl)c(Cl)cc3F)c2cc1N. The Morgan fingerprint density at radius 2 is 1.88 bits per heavy atom. The summed E-state index contributed by atoms with van der Waals surface area (Å²) in [6.07, 6.45) is 0.787. The number of carbonyl (C=O) groups excluding carboxylic acids is 1. The molecule has 0 saturated carbocycles. The summed E-state index contributed by atoms with van der Waals surface area (Å²) in [5.41, 5.74) is 6.48. The van der Waals surface area contributed by atoms with Crippen molar-refractivity contribution in [1.29, 1.82) is 0 Å². The normalized spacial score (nSPS) is 11.3. The maximum absolute atomic E-state index is 14.2. The first-order valence-corrected chi connectivity index (χ1v) is 10.3. The highest BCUT2D eigenvalue weighted by Gasteiger charge is 2.16. The highest BCUT2D eigenvalue weighted by Crippen LogP contribution is 2.34. The molecule has 32 heavy (non-hydrogen) atoms. The Morgan fingerprint density at radius 1 is 1.16 bits per heavy atom. The highest BCUT2D eigenvalue weighted by atomic mass is 35.5. The zero-order valence-corrected chi connectivity index (χ0v) is 19.1. The summed E-state index contributed by atoms with van der Waals surface area (Å²) in [7, 11) is 0. The first kappa shape index (κ1) is 23.6. The van der Waals surface area contributed by atoms with Crippen molar-refractivity contribution in [3.05, 3.63) is 46.5 Å². The Hall–Kier alpha value is -3.04. The Morgan fingerprint density at radius 3 is 2.59 bits per heavy atom. The molecule has 0 aliphatic heterocycles. The summed E-state index contributed by atoms with van der Waals surface area (Å²) >= 11 is 11.8. The lowest BCUT2D eigenvalue weighted by atomic mass is 10.2. The van der Waals surface area contributed by atoms with Gasteiger partial charge in [0.15, 0.2) is 0 Å². The largest absolute Gasteiger partial charge is 0.490 e. The van der Waals surface area contributed by atoms with Crippen molar-refractivity contribution in [2.45, 2.75) is 26.4 Å². The molecule has 0 bridgehead atoms. The van der Waals surface area contributed by atoms with E-state index in [9.17, 15) is 9.18 Å². The number of fused-ring (bicyclic) bond motifs is 1. The molecular formula is C21H22Cl2FN5O3. The molecule has 0 fully saturated rings. The predicted octanol–water partition coefficient (Wildman–Crippen LogP) is 5.31. The first-order valence-electron chi connectivity index (χ1n) is 9.59. The molecule has 1 amide bonds. The fourth-order valence-corrected chi connectivity index (χ4v) is 3.01. The summed E-state index contributed by atoms with van der Waals surface area (Å²) in [5, 5.41) is 6.34. The maximum atomic E-state index is 14.2. The van der Waals surface area contributed by atoms with Gasteiger partial charge in [0.25, 0.3) is 0 Å². The van der Waals surface area contributed by atoms with Crippen LogP contribution < -0.4 is 21.1 Å². The lowest BCUT2D eigenvalue weighted by molar-refractivity contribution is 0.0520. The second kappa shape index (κ2) is 9.62. The number of hydrogen-bond acceptors (Lipinski definition) is 7. The van der Waals surface area contributed by atoms with Crippen LogP contribution in [0.4, 0.5) is 26.4 Å². The number of benzene rings is 2. The molecule has 170 valence electrons. The number of rotatable bonds is 6. The van der Waals surface area contributed by atoms with E-state index in [4.69, 9.17) is 38.4 Å².